The van der Waals surface area contributed by atoms with Crippen LogP contribution in [0.5, 0.6) is 0 Å². The van der Waals surface area contributed by atoms with E-state index in [1.807, 2.05) is 18.0 Å². The molecule has 0 bridgehead atoms. The van der Waals surface area contributed by atoms with Gasteiger partial charge in [-0.15, -0.1) is 0 Å². The van der Waals surface area contributed by atoms with E-state index in [1.165, 1.54) is 25.7 Å². The Bertz CT molecular complexity index is 401. The molecule has 1 fully saturated rings. The van der Waals surface area contributed by atoms with Gasteiger partial charge in [0.15, 0.2) is 0 Å². The highest BCUT2D eigenvalue weighted by molar-refractivity contribution is 9.11. The summed E-state index contributed by atoms with van der Waals surface area (Å²) in [5.41, 5.74) is 1.09. The van der Waals surface area contributed by atoms with Crippen molar-refractivity contribution in [2.75, 3.05) is 6.26 Å². The number of halogens is 2. The molecule has 1 aliphatic carbocycles. The number of aromatic nitrogens is 1. The normalized spacial score (nSPS) is 24.2. The minimum Gasteiger partial charge on any atom is -0.308 e. The largest absolute Gasteiger partial charge is 0.308 e. The van der Waals surface area contributed by atoms with E-state index in [4.69, 9.17) is 0 Å². The van der Waals surface area contributed by atoms with Gasteiger partial charge in [0.25, 0.3) is 0 Å². The van der Waals surface area contributed by atoms with Crippen molar-refractivity contribution in [1.82, 2.24) is 10.3 Å². The Morgan fingerprint density at radius 2 is 2.28 bits per heavy atom. The van der Waals surface area contributed by atoms with Crippen molar-refractivity contribution in [2.24, 2.45) is 0 Å². The number of nitrogens with zero attached hydrogens (tertiary/aromatic N) is 1. The molecule has 1 heterocycles. The number of hydrogen-bond donors (Lipinski definition) is 1. The van der Waals surface area contributed by atoms with Gasteiger partial charge in [0.2, 0.25) is 0 Å². The average Bonchev–Trinajstić information content (AvgIpc) is 2.38. The summed E-state index contributed by atoms with van der Waals surface area (Å²) in [4.78, 5) is 4.44. The molecule has 2 nitrogen and oxygen atoms in total. The van der Waals surface area contributed by atoms with Gasteiger partial charge in [-0.25, -0.2) is 0 Å². The minimum atomic E-state index is 0.647. The number of nitrogens with one attached hydrogen (secondary N) is 1. The van der Waals surface area contributed by atoms with Crippen LogP contribution in [0.4, 0.5) is 0 Å². The molecule has 0 spiro atoms. The zero-order valence-corrected chi connectivity index (χ0v) is 14.4. The monoisotopic (exact) mass is 392 g/mol. The topological polar surface area (TPSA) is 24.9 Å². The van der Waals surface area contributed by atoms with Crippen LogP contribution in [0.2, 0.25) is 0 Å². The summed E-state index contributed by atoms with van der Waals surface area (Å²) in [5, 5.41) is 4.47. The minimum absolute atomic E-state index is 0.647. The third-order valence-electron chi connectivity index (χ3n) is 3.40. The lowest BCUT2D eigenvalue weighted by atomic mass is 9.95. The van der Waals surface area contributed by atoms with Crippen molar-refractivity contribution < 1.29 is 0 Å². The molecule has 2 atom stereocenters. The van der Waals surface area contributed by atoms with Gasteiger partial charge in [-0.05, 0) is 63.4 Å². The molecule has 0 aromatic carbocycles. The lowest BCUT2D eigenvalue weighted by molar-refractivity contribution is 0.378. The molecule has 1 aromatic rings. The molecular weight excluding hydrogens is 376 g/mol. The van der Waals surface area contributed by atoms with E-state index in [9.17, 15) is 0 Å². The Kier molecular flexibility index (Phi) is 5.98. The third kappa shape index (κ3) is 4.22. The van der Waals surface area contributed by atoms with Crippen LogP contribution in [0, 0.1) is 0 Å². The first-order chi connectivity index (χ1) is 8.69. The zero-order valence-electron chi connectivity index (χ0n) is 10.5. The van der Waals surface area contributed by atoms with Gasteiger partial charge < -0.3 is 5.32 Å². The van der Waals surface area contributed by atoms with E-state index >= 15 is 0 Å². The van der Waals surface area contributed by atoms with Gasteiger partial charge >= 0.3 is 0 Å². The van der Waals surface area contributed by atoms with E-state index < -0.39 is 0 Å². The van der Waals surface area contributed by atoms with Gasteiger partial charge in [0.1, 0.15) is 0 Å². The molecule has 5 heteroatoms. The number of pyridine rings is 1. The molecule has 0 saturated heterocycles. The summed E-state index contributed by atoms with van der Waals surface area (Å²) in [6.07, 6.45) is 9.38. The van der Waals surface area contributed by atoms with Crippen molar-refractivity contribution >= 4 is 43.6 Å². The van der Waals surface area contributed by atoms with E-state index in [0.717, 1.165) is 26.4 Å². The van der Waals surface area contributed by atoms with E-state index in [1.54, 1.807) is 0 Å². The third-order valence-corrected chi connectivity index (χ3v) is 5.62. The van der Waals surface area contributed by atoms with Gasteiger partial charge in [-0.1, -0.05) is 6.42 Å². The molecule has 2 unspecified atom stereocenters. The smallest absolute Gasteiger partial charge is 0.0684 e. The van der Waals surface area contributed by atoms with Crippen LogP contribution in [-0.4, -0.2) is 22.5 Å². The van der Waals surface area contributed by atoms with Crippen LogP contribution < -0.4 is 5.32 Å². The molecule has 0 amide bonds. The fraction of sp³-hybridized carbons (Fsp3) is 0.615. The van der Waals surface area contributed by atoms with Crippen LogP contribution in [-0.2, 0) is 6.54 Å². The first-order valence-electron chi connectivity index (χ1n) is 6.25. The Balaban J connectivity index is 1.87. The SMILES string of the molecule is CSC1CCCC(NCc2ncc(Br)cc2Br)C1. The summed E-state index contributed by atoms with van der Waals surface area (Å²) in [5.74, 6) is 0. The van der Waals surface area contributed by atoms with E-state index in [2.05, 4.69) is 54.5 Å². The molecule has 100 valence electrons. The second-order valence-electron chi connectivity index (χ2n) is 4.68. The first-order valence-corrected chi connectivity index (χ1v) is 9.12. The summed E-state index contributed by atoms with van der Waals surface area (Å²) in [6.45, 7) is 0.847. The van der Waals surface area contributed by atoms with Crippen LogP contribution >= 0.6 is 43.6 Å². The highest BCUT2D eigenvalue weighted by atomic mass is 79.9. The van der Waals surface area contributed by atoms with Crippen molar-refractivity contribution in [3.63, 3.8) is 0 Å². The Hall–Kier alpha value is 0.420. The second kappa shape index (κ2) is 7.27. The zero-order chi connectivity index (χ0) is 13.0. The maximum Gasteiger partial charge on any atom is 0.0684 e. The van der Waals surface area contributed by atoms with Gasteiger partial charge in [-0.2, -0.15) is 11.8 Å². The molecule has 18 heavy (non-hydrogen) atoms. The van der Waals surface area contributed by atoms with E-state index in [-0.39, 0.29) is 0 Å². The fourth-order valence-electron chi connectivity index (χ4n) is 2.36. The lowest BCUT2D eigenvalue weighted by Crippen LogP contribution is -2.34. The van der Waals surface area contributed by atoms with E-state index in [0.29, 0.717) is 6.04 Å². The maximum atomic E-state index is 4.44. The second-order valence-corrected chi connectivity index (χ2v) is 7.59. The summed E-state index contributed by atoms with van der Waals surface area (Å²) in [7, 11) is 0. The van der Waals surface area contributed by atoms with Crippen molar-refractivity contribution in [3.8, 4) is 0 Å². The predicted molar refractivity (Wildman–Crippen MR) is 86.0 cm³/mol. The standard InChI is InChI=1S/C13H18Br2N2S/c1-18-11-4-2-3-10(6-11)16-8-13-12(15)5-9(14)7-17-13/h5,7,10-11,16H,2-4,6,8H2,1H3. The average molecular weight is 394 g/mol. The van der Waals surface area contributed by atoms with Crippen molar-refractivity contribution in [2.45, 2.75) is 43.5 Å². The molecule has 1 N–H and O–H groups in total. The number of thioether (sulfide) groups is 1. The first kappa shape index (κ1) is 14.8. The Morgan fingerprint density at radius 3 is 3.00 bits per heavy atom. The molecular formula is C13H18Br2N2S. The van der Waals surface area contributed by atoms with Gasteiger partial charge in [-0.3, -0.25) is 4.98 Å². The highest BCUT2D eigenvalue weighted by Gasteiger charge is 2.20. The van der Waals surface area contributed by atoms with Gasteiger partial charge in [0, 0.05) is 33.0 Å². The number of rotatable bonds is 4. The maximum absolute atomic E-state index is 4.44. The van der Waals surface area contributed by atoms with Gasteiger partial charge in [0.05, 0.1) is 5.69 Å². The number of hydrogen-bond acceptors (Lipinski definition) is 3. The van der Waals surface area contributed by atoms with Crippen LogP contribution in [0.3, 0.4) is 0 Å². The lowest BCUT2D eigenvalue weighted by Gasteiger charge is -2.28. The quantitative estimate of drug-likeness (QED) is 0.821. The van der Waals surface area contributed by atoms with Crippen LogP contribution in [0.15, 0.2) is 21.2 Å². The Labute approximate surface area is 130 Å². The highest BCUT2D eigenvalue weighted by Crippen LogP contribution is 2.27. The molecule has 2 rings (SSSR count). The summed E-state index contributed by atoms with van der Waals surface area (Å²) >= 11 is 8.99. The summed E-state index contributed by atoms with van der Waals surface area (Å²) in [6, 6.07) is 2.70. The predicted octanol–water partition coefficient (Wildman–Crippen LogP) is 4.37. The van der Waals surface area contributed by atoms with Crippen LogP contribution in [0.25, 0.3) is 0 Å². The van der Waals surface area contributed by atoms with Crippen LogP contribution in [0.1, 0.15) is 31.4 Å². The molecule has 0 aliphatic heterocycles. The molecule has 1 saturated carbocycles. The molecule has 1 aromatic heterocycles. The van der Waals surface area contributed by atoms with Crippen molar-refractivity contribution in [3.05, 3.63) is 26.9 Å². The summed E-state index contributed by atoms with van der Waals surface area (Å²) < 4.78 is 2.08. The fourth-order valence-corrected chi connectivity index (χ4v) is 4.31. The Morgan fingerprint density at radius 1 is 1.44 bits per heavy atom. The molecule has 0 radical (unpaired) electrons. The van der Waals surface area contributed by atoms with Crippen molar-refractivity contribution in [1.29, 1.82) is 0 Å². The molecule has 1 aliphatic rings.